The third-order valence-electron chi connectivity index (χ3n) is 6.30. The molecule has 1 aliphatic rings. The first kappa shape index (κ1) is 23.5. The van der Waals surface area contributed by atoms with Crippen molar-refractivity contribution in [3.63, 3.8) is 0 Å². The fourth-order valence-corrected chi connectivity index (χ4v) is 4.79. The number of aryl methyl sites for hydroxylation is 1. The lowest BCUT2D eigenvalue weighted by Crippen LogP contribution is -2.31. The Labute approximate surface area is 212 Å². The molecule has 3 aromatic carbocycles. The van der Waals surface area contributed by atoms with Crippen LogP contribution < -0.4 is 14.4 Å². The Morgan fingerprint density at radius 2 is 1.75 bits per heavy atom. The molecule has 1 unspecified atom stereocenters. The summed E-state index contributed by atoms with van der Waals surface area (Å²) in [6.07, 6.45) is 0. The molecule has 0 saturated heterocycles. The average Bonchev–Trinajstić information content (AvgIpc) is 3.43. The van der Waals surface area contributed by atoms with Gasteiger partial charge < -0.3 is 19.0 Å². The third-order valence-corrected chi connectivity index (χ3v) is 6.60. The summed E-state index contributed by atoms with van der Waals surface area (Å²) in [7, 11) is 3.00. The van der Waals surface area contributed by atoms with E-state index >= 15 is 0 Å². The normalized spacial score (nSPS) is 15.6. The molecular formula is C28H22ClNO6. The Morgan fingerprint density at radius 1 is 1.00 bits per heavy atom. The molecule has 0 fully saturated rings. The van der Waals surface area contributed by atoms with E-state index in [4.69, 9.17) is 25.5 Å². The van der Waals surface area contributed by atoms with Crippen molar-refractivity contribution in [2.24, 2.45) is 0 Å². The Balaban J connectivity index is 1.68. The van der Waals surface area contributed by atoms with Crippen LogP contribution in [-0.4, -0.2) is 31.0 Å². The molecule has 7 nitrogen and oxygen atoms in total. The SMILES string of the molecule is COc1ccc(N2C(=O)C(O)=C(C(=O)c3cc4cccc(OC)c4o3)C2c2ccccc2C)cc1Cl. The summed E-state index contributed by atoms with van der Waals surface area (Å²) < 4.78 is 16.4. The van der Waals surface area contributed by atoms with Crippen molar-refractivity contribution in [2.75, 3.05) is 19.1 Å². The number of benzene rings is 3. The number of aliphatic hydroxyl groups excluding tert-OH is 1. The van der Waals surface area contributed by atoms with Crippen molar-refractivity contribution in [1.29, 1.82) is 0 Å². The maximum atomic E-state index is 13.8. The van der Waals surface area contributed by atoms with E-state index < -0.39 is 23.5 Å². The molecule has 0 radical (unpaired) electrons. The Bertz CT molecular complexity index is 1550. The summed E-state index contributed by atoms with van der Waals surface area (Å²) in [6, 6.07) is 18.2. The highest BCUT2D eigenvalue weighted by atomic mass is 35.5. The van der Waals surface area contributed by atoms with Gasteiger partial charge in [0.2, 0.25) is 5.78 Å². The van der Waals surface area contributed by atoms with E-state index in [9.17, 15) is 14.7 Å². The van der Waals surface area contributed by atoms with Gasteiger partial charge in [-0.05, 0) is 48.4 Å². The lowest BCUT2D eigenvalue weighted by atomic mass is 9.92. The summed E-state index contributed by atoms with van der Waals surface area (Å²) in [5.41, 5.74) is 2.24. The summed E-state index contributed by atoms with van der Waals surface area (Å²) in [5.74, 6) is -1.08. The number of Topliss-reactive ketones (excluding diaryl/α,β-unsaturated/α-hetero) is 1. The number of methoxy groups -OCH3 is 2. The van der Waals surface area contributed by atoms with Crippen molar-refractivity contribution in [3.8, 4) is 11.5 Å². The van der Waals surface area contributed by atoms with Crippen LogP contribution in [0.1, 0.15) is 27.7 Å². The van der Waals surface area contributed by atoms with E-state index in [0.29, 0.717) is 33.7 Å². The zero-order chi connectivity index (χ0) is 25.6. The number of fused-ring (bicyclic) bond motifs is 1. The molecule has 0 saturated carbocycles. The van der Waals surface area contributed by atoms with Gasteiger partial charge >= 0.3 is 0 Å². The summed E-state index contributed by atoms with van der Waals surface area (Å²) >= 11 is 6.35. The maximum Gasteiger partial charge on any atom is 0.294 e. The monoisotopic (exact) mass is 503 g/mol. The van der Waals surface area contributed by atoms with Crippen LogP contribution >= 0.6 is 11.6 Å². The number of nitrogens with zero attached hydrogens (tertiary/aromatic N) is 1. The molecule has 4 aromatic rings. The van der Waals surface area contributed by atoms with Crippen LogP contribution in [-0.2, 0) is 4.79 Å². The standard InChI is InChI=1S/C28H22ClNO6/c1-15-7-4-5-9-18(15)24-23(25(31)22-13-16-8-6-10-21(35-3)27(16)36-22)26(32)28(33)30(24)17-11-12-20(34-2)19(29)14-17/h4-14,24,32H,1-3H3. The molecule has 1 aliphatic heterocycles. The van der Waals surface area contributed by atoms with Gasteiger partial charge in [-0.25, -0.2) is 0 Å². The van der Waals surface area contributed by atoms with Gasteiger partial charge in [0.1, 0.15) is 5.75 Å². The second-order valence-electron chi connectivity index (χ2n) is 8.33. The Kier molecular flexibility index (Phi) is 5.94. The Hall–Kier alpha value is -4.23. The van der Waals surface area contributed by atoms with Crippen molar-refractivity contribution in [3.05, 3.63) is 100.0 Å². The highest BCUT2D eigenvalue weighted by molar-refractivity contribution is 6.32. The van der Waals surface area contributed by atoms with Gasteiger partial charge in [-0.1, -0.05) is 48.0 Å². The van der Waals surface area contributed by atoms with Crippen molar-refractivity contribution in [2.45, 2.75) is 13.0 Å². The number of para-hydroxylation sites is 1. The summed E-state index contributed by atoms with van der Waals surface area (Å²) in [5, 5.41) is 12.0. The van der Waals surface area contributed by atoms with E-state index in [1.54, 1.807) is 42.5 Å². The molecule has 1 amide bonds. The van der Waals surface area contributed by atoms with Gasteiger partial charge in [0.15, 0.2) is 22.9 Å². The number of anilines is 1. The fraction of sp³-hybridized carbons (Fsp3) is 0.143. The number of ether oxygens (including phenoxy) is 2. The zero-order valence-corrected chi connectivity index (χ0v) is 20.5. The maximum absolute atomic E-state index is 13.8. The predicted molar refractivity (Wildman–Crippen MR) is 136 cm³/mol. The largest absolute Gasteiger partial charge is 0.503 e. The minimum Gasteiger partial charge on any atom is -0.503 e. The van der Waals surface area contributed by atoms with E-state index in [0.717, 1.165) is 5.56 Å². The van der Waals surface area contributed by atoms with Gasteiger partial charge in [0.25, 0.3) is 5.91 Å². The van der Waals surface area contributed by atoms with Crippen molar-refractivity contribution >= 4 is 39.9 Å². The van der Waals surface area contributed by atoms with Crippen molar-refractivity contribution in [1.82, 2.24) is 0 Å². The number of amides is 1. The Morgan fingerprint density at radius 3 is 2.44 bits per heavy atom. The first-order valence-electron chi connectivity index (χ1n) is 11.1. The minimum absolute atomic E-state index is 0.0166. The molecule has 0 aliphatic carbocycles. The van der Waals surface area contributed by atoms with Crippen LogP contribution in [0, 0.1) is 6.92 Å². The zero-order valence-electron chi connectivity index (χ0n) is 19.7. The van der Waals surface area contributed by atoms with Gasteiger partial charge in [-0.15, -0.1) is 0 Å². The van der Waals surface area contributed by atoms with Crippen LogP contribution in [0.4, 0.5) is 5.69 Å². The number of carbonyl (C=O) groups excluding carboxylic acids is 2. The second kappa shape index (κ2) is 9.09. The first-order valence-corrected chi connectivity index (χ1v) is 11.5. The van der Waals surface area contributed by atoms with Crippen LogP contribution in [0.5, 0.6) is 11.5 Å². The van der Waals surface area contributed by atoms with Gasteiger partial charge in [0.05, 0.1) is 30.9 Å². The molecule has 1 aromatic heterocycles. The number of rotatable bonds is 6. The van der Waals surface area contributed by atoms with Gasteiger partial charge in [0, 0.05) is 11.1 Å². The molecule has 36 heavy (non-hydrogen) atoms. The van der Waals surface area contributed by atoms with E-state index in [-0.39, 0.29) is 16.4 Å². The molecule has 1 atom stereocenters. The van der Waals surface area contributed by atoms with Crippen LogP contribution in [0.2, 0.25) is 5.02 Å². The number of aliphatic hydroxyl groups is 1. The molecule has 0 bridgehead atoms. The van der Waals surface area contributed by atoms with Crippen LogP contribution in [0.3, 0.4) is 0 Å². The third kappa shape index (κ3) is 3.69. The van der Waals surface area contributed by atoms with Gasteiger partial charge in [-0.2, -0.15) is 0 Å². The molecule has 2 heterocycles. The number of hydrogen-bond acceptors (Lipinski definition) is 6. The van der Waals surface area contributed by atoms with Crippen LogP contribution in [0.25, 0.3) is 11.0 Å². The smallest absolute Gasteiger partial charge is 0.294 e. The lowest BCUT2D eigenvalue weighted by Gasteiger charge is -2.28. The predicted octanol–water partition coefficient (Wildman–Crippen LogP) is 6.19. The van der Waals surface area contributed by atoms with E-state index in [2.05, 4.69) is 0 Å². The molecule has 182 valence electrons. The van der Waals surface area contributed by atoms with Gasteiger partial charge in [-0.3, -0.25) is 14.5 Å². The van der Waals surface area contributed by atoms with Crippen molar-refractivity contribution < 1.29 is 28.6 Å². The second-order valence-corrected chi connectivity index (χ2v) is 8.74. The highest BCUT2D eigenvalue weighted by Gasteiger charge is 2.46. The number of hydrogen-bond donors (Lipinski definition) is 1. The molecule has 8 heteroatoms. The number of furan rings is 1. The van der Waals surface area contributed by atoms with Crippen LogP contribution in [0.15, 0.2) is 82.5 Å². The molecular weight excluding hydrogens is 482 g/mol. The molecule has 1 N–H and O–H groups in total. The number of carbonyl (C=O) groups is 2. The average molecular weight is 504 g/mol. The first-order chi connectivity index (χ1) is 17.3. The quantitative estimate of drug-likeness (QED) is 0.315. The number of ketones is 1. The minimum atomic E-state index is -0.911. The molecule has 5 rings (SSSR count). The summed E-state index contributed by atoms with van der Waals surface area (Å²) in [4.78, 5) is 28.6. The van der Waals surface area contributed by atoms with E-state index in [1.807, 2.05) is 31.2 Å². The highest BCUT2D eigenvalue weighted by Crippen LogP contribution is 2.44. The molecule has 0 spiro atoms. The fourth-order valence-electron chi connectivity index (χ4n) is 4.54. The number of halogens is 1. The summed E-state index contributed by atoms with van der Waals surface area (Å²) in [6.45, 7) is 1.88. The van der Waals surface area contributed by atoms with E-state index in [1.165, 1.54) is 19.1 Å². The topological polar surface area (TPSA) is 89.2 Å². The lowest BCUT2D eigenvalue weighted by molar-refractivity contribution is -0.117.